The Morgan fingerprint density at radius 1 is 1.37 bits per heavy atom. The van der Waals surface area contributed by atoms with Gasteiger partial charge in [-0.3, -0.25) is 9.69 Å². The van der Waals surface area contributed by atoms with Gasteiger partial charge in [0.05, 0.1) is 0 Å². The molecule has 0 aliphatic carbocycles. The van der Waals surface area contributed by atoms with Crippen LogP contribution in [0, 0.1) is 0 Å². The number of aliphatic carboxylic acids is 1. The number of nitrogens with zero attached hydrogens (tertiary/aromatic N) is 1. The Hall–Kier alpha value is -0.610. The summed E-state index contributed by atoms with van der Waals surface area (Å²) in [6.45, 7) is 10.0. The van der Waals surface area contributed by atoms with Crippen molar-refractivity contribution in [2.24, 2.45) is 0 Å². The van der Waals surface area contributed by atoms with E-state index in [1.165, 1.54) is 19.3 Å². The molecule has 1 unspecified atom stereocenters. The Morgan fingerprint density at radius 3 is 2.42 bits per heavy atom. The van der Waals surface area contributed by atoms with E-state index in [1.54, 1.807) is 0 Å². The van der Waals surface area contributed by atoms with Crippen molar-refractivity contribution in [1.82, 2.24) is 10.2 Å². The predicted octanol–water partition coefficient (Wildman–Crippen LogP) is 2.48. The van der Waals surface area contributed by atoms with E-state index in [0.717, 1.165) is 19.5 Å². The fraction of sp³-hybridized carbons (Fsp3) is 0.933. The highest BCUT2D eigenvalue weighted by Crippen LogP contribution is 2.24. The zero-order valence-corrected chi connectivity index (χ0v) is 12.9. The molecule has 1 aliphatic heterocycles. The lowest BCUT2D eigenvalue weighted by Gasteiger charge is -2.40. The molecule has 0 spiro atoms. The lowest BCUT2D eigenvalue weighted by Crippen LogP contribution is -2.53. The molecule has 0 saturated carbocycles. The van der Waals surface area contributed by atoms with Gasteiger partial charge in [-0.15, -0.1) is 0 Å². The van der Waals surface area contributed by atoms with Gasteiger partial charge in [-0.25, -0.2) is 0 Å². The Bertz CT molecular complexity index is 286. The maximum atomic E-state index is 11.5. The van der Waals surface area contributed by atoms with Gasteiger partial charge in [-0.2, -0.15) is 0 Å². The fourth-order valence-corrected chi connectivity index (χ4v) is 2.94. The number of rotatable bonds is 7. The molecule has 2 N–H and O–H groups in total. The quantitative estimate of drug-likeness (QED) is 0.746. The van der Waals surface area contributed by atoms with Crippen molar-refractivity contribution in [2.45, 2.75) is 77.4 Å². The monoisotopic (exact) mass is 270 g/mol. The van der Waals surface area contributed by atoms with Crippen LogP contribution in [0.1, 0.15) is 59.8 Å². The number of hydrogen-bond donors (Lipinski definition) is 2. The second-order valence-electron chi connectivity index (χ2n) is 6.18. The first kappa shape index (κ1) is 16.4. The third kappa shape index (κ3) is 4.46. The van der Waals surface area contributed by atoms with Crippen molar-refractivity contribution in [3.8, 4) is 0 Å². The van der Waals surface area contributed by atoms with Gasteiger partial charge in [0.1, 0.15) is 5.54 Å². The molecule has 1 aliphatic rings. The van der Waals surface area contributed by atoms with Crippen LogP contribution in [-0.2, 0) is 4.79 Å². The minimum absolute atomic E-state index is 0.577. The fourth-order valence-electron chi connectivity index (χ4n) is 2.94. The first-order valence-corrected chi connectivity index (χ1v) is 7.65. The highest BCUT2D eigenvalue weighted by Gasteiger charge is 2.34. The molecule has 1 saturated heterocycles. The van der Waals surface area contributed by atoms with Crippen LogP contribution < -0.4 is 5.32 Å². The summed E-state index contributed by atoms with van der Waals surface area (Å²) in [7, 11) is 0. The van der Waals surface area contributed by atoms with E-state index in [4.69, 9.17) is 0 Å². The lowest BCUT2D eigenvalue weighted by molar-refractivity contribution is -0.144. The number of carboxylic acids is 1. The third-order valence-electron chi connectivity index (χ3n) is 4.48. The van der Waals surface area contributed by atoms with Crippen molar-refractivity contribution < 1.29 is 9.90 Å². The van der Waals surface area contributed by atoms with Crippen molar-refractivity contribution in [3.63, 3.8) is 0 Å². The van der Waals surface area contributed by atoms with Crippen LogP contribution in [0.3, 0.4) is 0 Å². The van der Waals surface area contributed by atoms with E-state index in [1.807, 2.05) is 6.92 Å². The summed E-state index contributed by atoms with van der Waals surface area (Å²) in [5.74, 6) is -0.738. The molecule has 0 radical (unpaired) electrons. The maximum Gasteiger partial charge on any atom is 0.323 e. The van der Waals surface area contributed by atoms with Gasteiger partial charge in [-0.1, -0.05) is 13.3 Å². The van der Waals surface area contributed by atoms with E-state index in [9.17, 15) is 9.90 Å². The zero-order valence-electron chi connectivity index (χ0n) is 12.9. The van der Waals surface area contributed by atoms with E-state index in [0.29, 0.717) is 18.5 Å². The molecule has 4 heteroatoms. The second-order valence-corrected chi connectivity index (χ2v) is 6.18. The first-order chi connectivity index (χ1) is 8.90. The molecule has 1 rings (SSSR count). The Labute approximate surface area is 117 Å². The number of carboxylic acid groups (broad SMARTS) is 1. The molecule has 4 nitrogen and oxygen atoms in total. The summed E-state index contributed by atoms with van der Waals surface area (Å²) < 4.78 is 0. The van der Waals surface area contributed by atoms with Crippen LogP contribution in [0.4, 0.5) is 0 Å². The maximum absolute atomic E-state index is 11.5. The normalized spacial score (nSPS) is 28.0. The summed E-state index contributed by atoms with van der Waals surface area (Å²) in [6.07, 6.45) is 5.38. The highest BCUT2D eigenvalue weighted by molar-refractivity contribution is 5.78. The average molecular weight is 270 g/mol. The minimum atomic E-state index is -0.799. The largest absolute Gasteiger partial charge is 0.480 e. The molecule has 0 aromatic carbocycles. The van der Waals surface area contributed by atoms with E-state index in [-0.39, 0.29) is 0 Å². The molecule has 1 heterocycles. The highest BCUT2D eigenvalue weighted by atomic mass is 16.4. The van der Waals surface area contributed by atoms with Crippen molar-refractivity contribution in [3.05, 3.63) is 0 Å². The van der Waals surface area contributed by atoms with Crippen LogP contribution in [0.5, 0.6) is 0 Å². The van der Waals surface area contributed by atoms with Crippen molar-refractivity contribution in [1.29, 1.82) is 0 Å². The average Bonchev–Trinajstić information content (AvgIpc) is 2.35. The van der Waals surface area contributed by atoms with Crippen LogP contribution in [0.15, 0.2) is 0 Å². The summed E-state index contributed by atoms with van der Waals surface area (Å²) in [5, 5.41) is 12.6. The number of likely N-dealkylation sites (tertiary alicyclic amines) is 1. The Kier molecular flexibility index (Phi) is 6.27. The van der Waals surface area contributed by atoms with Crippen LogP contribution in [0.25, 0.3) is 0 Å². The predicted molar refractivity (Wildman–Crippen MR) is 78.4 cm³/mol. The number of piperidine rings is 1. The molecular weight excluding hydrogens is 240 g/mol. The number of hydrogen-bond acceptors (Lipinski definition) is 3. The van der Waals surface area contributed by atoms with E-state index >= 15 is 0 Å². The number of carbonyl (C=O) groups is 1. The molecular formula is C15H30N2O2. The minimum Gasteiger partial charge on any atom is -0.480 e. The van der Waals surface area contributed by atoms with Gasteiger partial charge in [0.2, 0.25) is 0 Å². The van der Waals surface area contributed by atoms with Crippen LogP contribution in [-0.4, -0.2) is 46.7 Å². The van der Waals surface area contributed by atoms with Gasteiger partial charge in [0.25, 0.3) is 0 Å². The SMILES string of the molecule is CCCNC(C)(CCN1[C@H](C)CCC[C@@H]1C)C(=O)O. The van der Waals surface area contributed by atoms with Gasteiger partial charge in [0, 0.05) is 18.6 Å². The van der Waals surface area contributed by atoms with Gasteiger partial charge in [0.15, 0.2) is 0 Å². The third-order valence-corrected chi connectivity index (χ3v) is 4.48. The zero-order chi connectivity index (χ0) is 14.5. The molecule has 112 valence electrons. The Morgan fingerprint density at radius 2 is 1.95 bits per heavy atom. The number of nitrogens with one attached hydrogen (secondary N) is 1. The second kappa shape index (κ2) is 7.25. The summed E-state index contributed by atoms with van der Waals surface area (Å²) >= 11 is 0. The lowest BCUT2D eigenvalue weighted by atomic mass is 9.93. The molecule has 19 heavy (non-hydrogen) atoms. The molecule has 3 atom stereocenters. The molecule has 0 amide bonds. The molecule has 0 aromatic rings. The van der Waals surface area contributed by atoms with Crippen LogP contribution >= 0.6 is 0 Å². The molecule has 0 bridgehead atoms. The van der Waals surface area contributed by atoms with Crippen molar-refractivity contribution >= 4 is 5.97 Å². The molecule has 1 fully saturated rings. The summed E-state index contributed by atoms with van der Waals surface area (Å²) in [6, 6.07) is 1.15. The summed E-state index contributed by atoms with van der Waals surface area (Å²) in [4.78, 5) is 14.0. The molecule has 0 aromatic heterocycles. The summed E-state index contributed by atoms with van der Waals surface area (Å²) in [5.41, 5.74) is -0.799. The van der Waals surface area contributed by atoms with Gasteiger partial charge in [-0.05, 0) is 53.0 Å². The van der Waals surface area contributed by atoms with Gasteiger partial charge >= 0.3 is 5.97 Å². The van der Waals surface area contributed by atoms with E-state index in [2.05, 4.69) is 31.0 Å². The van der Waals surface area contributed by atoms with Crippen LogP contribution in [0.2, 0.25) is 0 Å². The van der Waals surface area contributed by atoms with Gasteiger partial charge < -0.3 is 10.4 Å². The Balaban J connectivity index is 2.57. The van der Waals surface area contributed by atoms with E-state index < -0.39 is 11.5 Å². The topological polar surface area (TPSA) is 52.6 Å². The standard InChI is InChI=1S/C15H30N2O2/c1-5-10-16-15(4,14(18)19)9-11-17-12(2)7-6-8-13(17)3/h12-13,16H,5-11H2,1-4H3,(H,18,19)/t12-,13+,15?. The van der Waals surface area contributed by atoms with Crippen molar-refractivity contribution in [2.75, 3.05) is 13.1 Å². The smallest absolute Gasteiger partial charge is 0.323 e. The first-order valence-electron chi connectivity index (χ1n) is 7.65.